The van der Waals surface area contributed by atoms with Crippen LogP contribution in [0.25, 0.3) is 0 Å². The van der Waals surface area contributed by atoms with E-state index in [0.29, 0.717) is 12.1 Å². The third-order valence-electron chi connectivity index (χ3n) is 3.33. The lowest BCUT2D eigenvalue weighted by molar-refractivity contribution is 0.0953. The Hall–Kier alpha value is -1.74. The molecule has 8 heteroatoms. The summed E-state index contributed by atoms with van der Waals surface area (Å²) in [6.07, 6.45) is 0.835. The van der Waals surface area contributed by atoms with Gasteiger partial charge in [0.15, 0.2) is 0 Å². The fourth-order valence-corrected chi connectivity index (χ4v) is 3.76. The second-order valence-corrected chi connectivity index (χ2v) is 7.94. The summed E-state index contributed by atoms with van der Waals surface area (Å²) >= 11 is 1.49. The van der Waals surface area contributed by atoms with Crippen molar-refractivity contribution in [2.75, 3.05) is 20.1 Å². The van der Waals surface area contributed by atoms with Crippen molar-refractivity contribution in [3.8, 4) is 0 Å². The average molecular weight is 367 g/mol. The zero-order valence-electron chi connectivity index (χ0n) is 13.4. The van der Waals surface area contributed by atoms with Crippen LogP contribution in [0.2, 0.25) is 0 Å². The van der Waals surface area contributed by atoms with Gasteiger partial charge in [-0.25, -0.2) is 13.1 Å². The molecule has 1 aromatic carbocycles. The highest BCUT2D eigenvalue weighted by atomic mass is 32.2. The molecule has 0 radical (unpaired) electrons. The zero-order chi connectivity index (χ0) is 17.4. The SMILES string of the molecule is CNCCCNC(=O)c1ccc(S(=O)(=O)NCc2cccs2)cc1. The zero-order valence-corrected chi connectivity index (χ0v) is 15.0. The second-order valence-electron chi connectivity index (χ2n) is 5.14. The Morgan fingerprint density at radius 2 is 1.88 bits per heavy atom. The van der Waals surface area contributed by atoms with Crippen LogP contribution in [0.1, 0.15) is 21.7 Å². The van der Waals surface area contributed by atoms with Gasteiger partial charge in [-0.2, -0.15) is 0 Å². The van der Waals surface area contributed by atoms with Gasteiger partial charge in [0.25, 0.3) is 5.91 Å². The van der Waals surface area contributed by atoms with Crippen molar-refractivity contribution >= 4 is 27.3 Å². The Labute approximate surface area is 146 Å². The highest BCUT2D eigenvalue weighted by molar-refractivity contribution is 7.89. The summed E-state index contributed by atoms with van der Waals surface area (Å²) in [5, 5.41) is 7.69. The molecule has 0 saturated carbocycles. The number of carbonyl (C=O) groups is 1. The molecule has 0 unspecified atom stereocenters. The van der Waals surface area contributed by atoms with E-state index >= 15 is 0 Å². The number of hydrogen-bond donors (Lipinski definition) is 3. The summed E-state index contributed by atoms with van der Waals surface area (Å²) in [6.45, 7) is 1.66. The molecule has 0 fully saturated rings. The maximum absolute atomic E-state index is 12.2. The van der Waals surface area contributed by atoms with Crippen molar-refractivity contribution in [2.45, 2.75) is 17.9 Å². The molecule has 1 amide bonds. The summed E-state index contributed by atoms with van der Waals surface area (Å²) in [7, 11) is -1.73. The van der Waals surface area contributed by atoms with E-state index in [0.717, 1.165) is 17.8 Å². The summed E-state index contributed by atoms with van der Waals surface area (Å²) in [5.41, 5.74) is 0.441. The van der Waals surface area contributed by atoms with Gasteiger partial charge in [-0.05, 0) is 55.7 Å². The average Bonchev–Trinajstić information content (AvgIpc) is 3.10. The number of sulfonamides is 1. The monoisotopic (exact) mass is 367 g/mol. The van der Waals surface area contributed by atoms with E-state index in [-0.39, 0.29) is 17.3 Å². The molecule has 0 aliphatic heterocycles. The Bertz CT molecular complexity index is 741. The highest BCUT2D eigenvalue weighted by Crippen LogP contribution is 2.13. The molecule has 2 rings (SSSR count). The molecule has 0 spiro atoms. The van der Waals surface area contributed by atoms with Gasteiger partial charge in [-0.1, -0.05) is 6.07 Å². The number of amides is 1. The van der Waals surface area contributed by atoms with Crippen molar-refractivity contribution in [3.63, 3.8) is 0 Å². The van der Waals surface area contributed by atoms with Gasteiger partial charge in [0, 0.05) is 23.5 Å². The van der Waals surface area contributed by atoms with E-state index < -0.39 is 10.0 Å². The van der Waals surface area contributed by atoms with Gasteiger partial charge >= 0.3 is 0 Å². The van der Waals surface area contributed by atoms with Crippen LogP contribution in [0, 0.1) is 0 Å². The minimum absolute atomic E-state index is 0.144. The lowest BCUT2D eigenvalue weighted by atomic mass is 10.2. The van der Waals surface area contributed by atoms with Gasteiger partial charge < -0.3 is 10.6 Å². The first-order valence-electron chi connectivity index (χ1n) is 7.58. The minimum atomic E-state index is -3.59. The smallest absolute Gasteiger partial charge is 0.251 e. The van der Waals surface area contributed by atoms with Crippen LogP contribution < -0.4 is 15.4 Å². The number of nitrogens with one attached hydrogen (secondary N) is 3. The minimum Gasteiger partial charge on any atom is -0.352 e. The van der Waals surface area contributed by atoms with E-state index in [4.69, 9.17) is 0 Å². The third kappa shape index (κ3) is 5.41. The van der Waals surface area contributed by atoms with Gasteiger partial charge in [-0.15, -0.1) is 11.3 Å². The molecule has 0 aliphatic rings. The number of thiophene rings is 1. The van der Waals surface area contributed by atoms with E-state index in [1.165, 1.54) is 35.6 Å². The van der Waals surface area contributed by atoms with Crippen molar-refractivity contribution in [1.82, 2.24) is 15.4 Å². The molecule has 0 saturated heterocycles. The largest absolute Gasteiger partial charge is 0.352 e. The molecule has 0 atom stereocenters. The summed E-state index contributed by atoms with van der Waals surface area (Å²) in [5.74, 6) is -0.207. The molecule has 3 N–H and O–H groups in total. The fraction of sp³-hybridized carbons (Fsp3) is 0.312. The van der Waals surface area contributed by atoms with E-state index in [1.54, 1.807) is 0 Å². The predicted molar refractivity (Wildman–Crippen MR) is 95.7 cm³/mol. The molecule has 1 heterocycles. The van der Waals surface area contributed by atoms with Crippen LogP contribution in [-0.2, 0) is 16.6 Å². The van der Waals surface area contributed by atoms with Gasteiger partial charge in [0.2, 0.25) is 10.0 Å². The molecular formula is C16H21N3O3S2. The van der Waals surface area contributed by atoms with Crippen molar-refractivity contribution in [3.05, 3.63) is 52.2 Å². The van der Waals surface area contributed by atoms with Crippen molar-refractivity contribution in [2.24, 2.45) is 0 Å². The van der Waals surface area contributed by atoms with Crippen LogP contribution in [0.15, 0.2) is 46.7 Å². The van der Waals surface area contributed by atoms with Gasteiger partial charge in [0.05, 0.1) is 4.90 Å². The first kappa shape index (κ1) is 18.6. The van der Waals surface area contributed by atoms with Crippen LogP contribution in [0.5, 0.6) is 0 Å². The quantitative estimate of drug-likeness (QED) is 0.587. The maximum atomic E-state index is 12.2. The third-order valence-corrected chi connectivity index (χ3v) is 5.63. The molecule has 6 nitrogen and oxygen atoms in total. The van der Waals surface area contributed by atoms with Crippen LogP contribution >= 0.6 is 11.3 Å². The molecule has 130 valence electrons. The Balaban J connectivity index is 1.93. The first-order chi connectivity index (χ1) is 11.5. The molecule has 0 bridgehead atoms. The second kappa shape index (κ2) is 8.93. The molecular weight excluding hydrogens is 346 g/mol. The normalized spacial score (nSPS) is 11.4. The number of carbonyl (C=O) groups excluding carboxylic acids is 1. The number of hydrogen-bond acceptors (Lipinski definition) is 5. The number of rotatable bonds is 9. The summed E-state index contributed by atoms with van der Waals surface area (Å²) in [6, 6.07) is 9.67. The van der Waals surface area contributed by atoms with Crippen LogP contribution in [-0.4, -0.2) is 34.5 Å². The predicted octanol–water partition coefficient (Wildman–Crippen LogP) is 1.57. The van der Waals surface area contributed by atoms with E-state index in [1.807, 2.05) is 24.6 Å². The summed E-state index contributed by atoms with van der Waals surface area (Å²) < 4.78 is 27.0. The Kier molecular flexibility index (Phi) is 6.92. The lowest BCUT2D eigenvalue weighted by Crippen LogP contribution is -2.27. The Morgan fingerprint density at radius 1 is 1.12 bits per heavy atom. The maximum Gasteiger partial charge on any atom is 0.251 e. The van der Waals surface area contributed by atoms with Crippen molar-refractivity contribution in [1.29, 1.82) is 0 Å². The number of benzene rings is 1. The van der Waals surface area contributed by atoms with Gasteiger partial charge in [0.1, 0.15) is 0 Å². The molecule has 2 aromatic rings. The fourth-order valence-electron chi connectivity index (χ4n) is 2.02. The topological polar surface area (TPSA) is 87.3 Å². The van der Waals surface area contributed by atoms with Crippen LogP contribution in [0.4, 0.5) is 0 Å². The Morgan fingerprint density at radius 3 is 2.50 bits per heavy atom. The molecule has 0 aliphatic carbocycles. The van der Waals surface area contributed by atoms with E-state index in [2.05, 4.69) is 15.4 Å². The lowest BCUT2D eigenvalue weighted by Gasteiger charge is -2.08. The molecule has 24 heavy (non-hydrogen) atoms. The van der Waals surface area contributed by atoms with Crippen molar-refractivity contribution < 1.29 is 13.2 Å². The summed E-state index contributed by atoms with van der Waals surface area (Å²) in [4.78, 5) is 13.0. The van der Waals surface area contributed by atoms with Gasteiger partial charge in [-0.3, -0.25) is 4.79 Å². The first-order valence-corrected chi connectivity index (χ1v) is 9.94. The van der Waals surface area contributed by atoms with E-state index in [9.17, 15) is 13.2 Å². The standard InChI is InChI=1S/C16H21N3O3S2/c1-17-9-3-10-18-16(20)13-5-7-15(8-6-13)24(21,22)19-12-14-4-2-11-23-14/h2,4-8,11,17,19H,3,9-10,12H2,1H3,(H,18,20). The van der Waals surface area contributed by atoms with Crippen LogP contribution in [0.3, 0.4) is 0 Å². The highest BCUT2D eigenvalue weighted by Gasteiger charge is 2.15. The molecule has 1 aromatic heterocycles.